The molecule has 6 nitrogen and oxygen atoms in total. The Labute approximate surface area is 77.4 Å². The molecule has 1 unspecified atom stereocenters. The monoisotopic (exact) mass is 212 g/mol. The van der Waals surface area contributed by atoms with Crippen LogP contribution in [0.3, 0.4) is 0 Å². The number of aliphatic hydroxyl groups excluding tert-OH is 2. The first-order chi connectivity index (χ1) is 5.95. The predicted molar refractivity (Wildman–Crippen MR) is 45.7 cm³/mol. The Bertz CT molecular complexity index is 125. The van der Waals surface area contributed by atoms with E-state index in [0.717, 1.165) is 0 Å². The molecule has 0 aliphatic rings. The van der Waals surface area contributed by atoms with E-state index >= 15 is 0 Å². The van der Waals surface area contributed by atoms with Crippen molar-refractivity contribution in [2.75, 3.05) is 19.8 Å². The lowest BCUT2D eigenvalue weighted by Crippen LogP contribution is -2.35. The van der Waals surface area contributed by atoms with Gasteiger partial charge in [-0.3, -0.25) is 0 Å². The summed E-state index contributed by atoms with van der Waals surface area (Å²) in [4.78, 5) is 25.8. The smallest absolute Gasteiger partial charge is 0.394 e. The molecule has 0 rings (SSSR count). The van der Waals surface area contributed by atoms with Crippen LogP contribution in [0.1, 0.15) is 6.42 Å². The zero-order chi connectivity index (χ0) is 10.3. The van der Waals surface area contributed by atoms with E-state index in [1.165, 1.54) is 0 Å². The maximum atomic E-state index is 9.12. The standard InChI is InChI=1S/C6H16O6Si/c7-2-3-12-5-6(8)1-4-13(9,10)11/h6-11H,1-5H2. The fourth-order valence-electron chi connectivity index (χ4n) is 0.728. The Morgan fingerprint density at radius 3 is 2.31 bits per heavy atom. The molecule has 0 aromatic heterocycles. The summed E-state index contributed by atoms with van der Waals surface area (Å²) < 4.78 is 4.78. The fraction of sp³-hybridized carbons (Fsp3) is 1.00. The van der Waals surface area contributed by atoms with Crippen LogP contribution in [0.25, 0.3) is 0 Å². The highest BCUT2D eigenvalue weighted by molar-refractivity contribution is 6.56. The third kappa shape index (κ3) is 9.89. The maximum Gasteiger partial charge on any atom is 0.492 e. The molecule has 7 heteroatoms. The van der Waals surface area contributed by atoms with Gasteiger partial charge >= 0.3 is 8.80 Å². The number of hydrogen-bond acceptors (Lipinski definition) is 6. The first kappa shape index (κ1) is 13.0. The zero-order valence-electron chi connectivity index (χ0n) is 7.26. The molecule has 1 atom stereocenters. The van der Waals surface area contributed by atoms with E-state index in [4.69, 9.17) is 29.3 Å². The molecule has 0 fully saturated rings. The van der Waals surface area contributed by atoms with Crippen LogP contribution in [0.4, 0.5) is 0 Å². The highest BCUT2D eigenvalue weighted by atomic mass is 28.4. The van der Waals surface area contributed by atoms with Crippen molar-refractivity contribution < 1.29 is 29.3 Å². The van der Waals surface area contributed by atoms with Crippen molar-refractivity contribution >= 4 is 8.80 Å². The lowest BCUT2D eigenvalue weighted by molar-refractivity contribution is 0.0184. The second kappa shape index (κ2) is 6.43. The van der Waals surface area contributed by atoms with Gasteiger partial charge in [0.25, 0.3) is 0 Å². The number of aliphatic hydroxyl groups is 2. The van der Waals surface area contributed by atoms with Gasteiger partial charge in [0.2, 0.25) is 0 Å². The Hall–Kier alpha value is -0.0231. The molecule has 0 aromatic rings. The molecule has 0 aliphatic carbocycles. The van der Waals surface area contributed by atoms with E-state index in [1.807, 2.05) is 0 Å². The van der Waals surface area contributed by atoms with Crippen molar-refractivity contribution in [3.8, 4) is 0 Å². The molecule has 0 saturated heterocycles. The third-order valence-electron chi connectivity index (χ3n) is 1.36. The zero-order valence-corrected chi connectivity index (χ0v) is 8.26. The average molecular weight is 212 g/mol. The Kier molecular flexibility index (Phi) is 6.42. The summed E-state index contributed by atoms with van der Waals surface area (Å²) in [6, 6.07) is -0.212. The van der Waals surface area contributed by atoms with Crippen molar-refractivity contribution in [1.29, 1.82) is 0 Å². The minimum atomic E-state index is -4.03. The largest absolute Gasteiger partial charge is 0.492 e. The van der Waals surface area contributed by atoms with Crippen molar-refractivity contribution in [2.24, 2.45) is 0 Å². The minimum Gasteiger partial charge on any atom is -0.394 e. The van der Waals surface area contributed by atoms with Crippen LogP contribution in [0.15, 0.2) is 0 Å². The summed E-state index contributed by atoms with van der Waals surface area (Å²) in [6.07, 6.45) is -0.772. The van der Waals surface area contributed by atoms with Gasteiger partial charge in [-0.15, -0.1) is 0 Å². The van der Waals surface area contributed by atoms with Gasteiger partial charge in [-0.25, -0.2) is 0 Å². The number of hydrogen-bond donors (Lipinski definition) is 5. The summed E-state index contributed by atoms with van der Waals surface area (Å²) in [7, 11) is -4.03. The average Bonchev–Trinajstić information content (AvgIpc) is 2.00. The molecule has 0 amide bonds. The van der Waals surface area contributed by atoms with Crippen molar-refractivity contribution in [3.63, 3.8) is 0 Å². The van der Waals surface area contributed by atoms with Gasteiger partial charge < -0.3 is 29.3 Å². The van der Waals surface area contributed by atoms with Crippen LogP contribution in [-0.2, 0) is 4.74 Å². The predicted octanol–water partition coefficient (Wildman–Crippen LogP) is -2.34. The van der Waals surface area contributed by atoms with Crippen LogP contribution < -0.4 is 0 Å². The highest BCUT2D eigenvalue weighted by Crippen LogP contribution is 2.05. The topological polar surface area (TPSA) is 110 Å². The molecule has 0 radical (unpaired) electrons. The van der Waals surface area contributed by atoms with Crippen molar-refractivity contribution in [3.05, 3.63) is 0 Å². The van der Waals surface area contributed by atoms with E-state index in [1.54, 1.807) is 0 Å². The SMILES string of the molecule is OCCOCC(O)CC[Si](O)(O)O. The summed E-state index contributed by atoms with van der Waals surface area (Å²) in [5, 5.41) is 17.4. The molecule has 0 aromatic carbocycles. The van der Waals surface area contributed by atoms with Crippen molar-refractivity contribution in [2.45, 2.75) is 18.6 Å². The molecule has 13 heavy (non-hydrogen) atoms. The van der Waals surface area contributed by atoms with E-state index in [0.29, 0.717) is 0 Å². The van der Waals surface area contributed by atoms with Gasteiger partial charge in [-0.05, 0) is 6.42 Å². The molecule has 5 N–H and O–H groups in total. The fourth-order valence-corrected chi connectivity index (χ4v) is 1.45. The normalized spacial score (nSPS) is 14.5. The molecular formula is C6H16O6Si. The molecule has 0 saturated carbocycles. The maximum absolute atomic E-state index is 9.12. The third-order valence-corrected chi connectivity index (χ3v) is 2.32. The summed E-state index contributed by atoms with van der Waals surface area (Å²) in [6.45, 7) is 0.0352. The summed E-state index contributed by atoms with van der Waals surface area (Å²) in [5.74, 6) is 0. The van der Waals surface area contributed by atoms with Crippen LogP contribution in [0, 0.1) is 0 Å². The Morgan fingerprint density at radius 1 is 1.23 bits per heavy atom. The van der Waals surface area contributed by atoms with E-state index in [9.17, 15) is 0 Å². The second-order valence-corrected chi connectivity index (χ2v) is 4.81. The molecular weight excluding hydrogens is 196 g/mol. The van der Waals surface area contributed by atoms with Gasteiger partial charge in [0.15, 0.2) is 0 Å². The lowest BCUT2D eigenvalue weighted by atomic mass is 10.3. The van der Waals surface area contributed by atoms with Gasteiger partial charge in [-0.1, -0.05) is 0 Å². The highest BCUT2D eigenvalue weighted by Gasteiger charge is 2.27. The minimum absolute atomic E-state index is 0.0189. The van der Waals surface area contributed by atoms with E-state index in [-0.39, 0.29) is 32.3 Å². The second-order valence-electron chi connectivity index (χ2n) is 2.77. The van der Waals surface area contributed by atoms with Gasteiger partial charge in [0.05, 0.1) is 25.9 Å². The van der Waals surface area contributed by atoms with Crippen molar-refractivity contribution in [1.82, 2.24) is 0 Å². The van der Waals surface area contributed by atoms with Gasteiger partial charge in [0.1, 0.15) is 0 Å². The number of ether oxygens (including phenoxy) is 1. The number of rotatable bonds is 7. The van der Waals surface area contributed by atoms with Crippen LogP contribution in [0.5, 0.6) is 0 Å². The molecule has 0 heterocycles. The molecule has 0 spiro atoms. The van der Waals surface area contributed by atoms with Crippen LogP contribution in [0.2, 0.25) is 6.04 Å². The van der Waals surface area contributed by atoms with E-state index < -0.39 is 14.9 Å². The van der Waals surface area contributed by atoms with Gasteiger partial charge in [-0.2, -0.15) is 0 Å². The molecule has 80 valence electrons. The summed E-state index contributed by atoms with van der Waals surface area (Å²) >= 11 is 0. The van der Waals surface area contributed by atoms with E-state index in [2.05, 4.69) is 0 Å². The lowest BCUT2D eigenvalue weighted by Gasteiger charge is -2.13. The Balaban J connectivity index is 3.35. The quantitative estimate of drug-likeness (QED) is 0.239. The summed E-state index contributed by atoms with van der Waals surface area (Å²) in [5.41, 5.74) is 0. The first-order valence-corrected chi connectivity index (χ1v) is 6.04. The van der Waals surface area contributed by atoms with Gasteiger partial charge in [0, 0.05) is 6.04 Å². The Morgan fingerprint density at radius 2 is 1.85 bits per heavy atom. The molecule has 0 aliphatic heterocycles. The molecule has 0 bridgehead atoms. The van der Waals surface area contributed by atoms with Crippen LogP contribution in [-0.4, -0.2) is 59.3 Å². The first-order valence-electron chi connectivity index (χ1n) is 3.99. The van der Waals surface area contributed by atoms with Crippen LogP contribution >= 0.6 is 0 Å².